The number of rotatable bonds is 6. The number of thiocarbonyl (C=S) groups is 1. The molecule has 0 saturated heterocycles. The first-order chi connectivity index (χ1) is 10.2. The van der Waals surface area contributed by atoms with Crippen LogP contribution in [0.15, 0.2) is 36.7 Å². The molecule has 0 atom stereocenters. The molecule has 0 radical (unpaired) electrons. The van der Waals surface area contributed by atoms with Gasteiger partial charge in [0.1, 0.15) is 5.82 Å². The summed E-state index contributed by atoms with van der Waals surface area (Å²) in [4.78, 5) is 0. The lowest BCUT2D eigenvalue weighted by Gasteiger charge is -2.07. The molecule has 0 saturated carbocycles. The third-order valence-electron chi connectivity index (χ3n) is 2.94. The molecule has 0 fully saturated rings. The van der Waals surface area contributed by atoms with E-state index in [1.807, 2.05) is 12.3 Å². The van der Waals surface area contributed by atoms with Crippen LogP contribution in [0, 0.1) is 5.82 Å². The zero-order valence-corrected chi connectivity index (χ0v) is 12.8. The molecule has 6 heteroatoms. The maximum atomic E-state index is 13.1. The van der Waals surface area contributed by atoms with Crippen molar-refractivity contribution < 1.29 is 4.39 Å². The van der Waals surface area contributed by atoms with E-state index in [-0.39, 0.29) is 5.82 Å². The lowest BCUT2D eigenvalue weighted by atomic mass is 10.2. The van der Waals surface area contributed by atoms with Crippen LogP contribution in [0.3, 0.4) is 0 Å². The predicted molar refractivity (Wildman–Crippen MR) is 86.9 cm³/mol. The molecule has 1 aromatic carbocycles. The molecule has 2 aromatic rings. The lowest BCUT2D eigenvalue weighted by molar-refractivity contribution is 0.619. The van der Waals surface area contributed by atoms with Crippen LogP contribution in [0.1, 0.15) is 25.3 Å². The average Bonchev–Trinajstić information content (AvgIpc) is 2.86. The molecule has 4 nitrogen and oxygen atoms in total. The van der Waals surface area contributed by atoms with Crippen LogP contribution in [0.5, 0.6) is 0 Å². The highest BCUT2D eigenvalue weighted by Gasteiger charge is 2.02. The van der Waals surface area contributed by atoms with Crippen molar-refractivity contribution in [1.82, 2.24) is 15.1 Å². The fourth-order valence-electron chi connectivity index (χ4n) is 1.89. The Morgan fingerprint density at radius 3 is 3.05 bits per heavy atom. The summed E-state index contributed by atoms with van der Waals surface area (Å²) < 4.78 is 14.9. The molecule has 2 rings (SSSR count). The van der Waals surface area contributed by atoms with E-state index in [0.29, 0.717) is 11.7 Å². The van der Waals surface area contributed by atoms with Crippen LogP contribution in [0.4, 0.5) is 10.1 Å². The van der Waals surface area contributed by atoms with Gasteiger partial charge in [-0.3, -0.25) is 4.68 Å². The molecule has 0 aliphatic carbocycles. The quantitative estimate of drug-likeness (QED) is 0.635. The Balaban J connectivity index is 1.88. The minimum atomic E-state index is -0.237. The number of nitrogens with one attached hydrogen (secondary N) is 2. The van der Waals surface area contributed by atoms with Gasteiger partial charge >= 0.3 is 0 Å². The second kappa shape index (κ2) is 7.73. The molecule has 1 heterocycles. The monoisotopic (exact) mass is 306 g/mol. The van der Waals surface area contributed by atoms with Gasteiger partial charge in [0.2, 0.25) is 0 Å². The van der Waals surface area contributed by atoms with Gasteiger partial charge in [0.25, 0.3) is 0 Å². The predicted octanol–water partition coefficient (Wildman–Crippen LogP) is 3.16. The van der Waals surface area contributed by atoms with Gasteiger partial charge in [-0.05, 0) is 36.3 Å². The first-order valence-corrected chi connectivity index (χ1v) is 7.40. The summed E-state index contributed by atoms with van der Waals surface area (Å²) in [6.07, 6.45) is 5.76. The molecule has 0 aliphatic heterocycles. The SMILES string of the molecule is CCCCNC(=S)Nc1cnn(Cc2cccc(F)c2)c1. The van der Waals surface area contributed by atoms with Gasteiger partial charge in [-0.25, -0.2) is 4.39 Å². The van der Waals surface area contributed by atoms with Crippen LogP contribution in [-0.4, -0.2) is 21.4 Å². The number of anilines is 1. The first-order valence-electron chi connectivity index (χ1n) is 6.99. The van der Waals surface area contributed by atoms with Crippen molar-refractivity contribution >= 4 is 23.0 Å². The van der Waals surface area contributed by atoms with Crippen molar-refractivity contribution in [3.8, 4) is 0 Å². The highest BCUT2D eigenvalue weighted by Crippen LogP contribution is 2.09. The van der Waals surface area contributed by atoms with Gasteiger partial charge in [0, 0.05) is 12.7 Å². The topological polar surface area (TPSA) is 41.9 Å². The minimum Gasteiger partial charge on any atom is -0.362 e. The number of benzene rings is 1. The minimum absolute atomic E-state index is 0.237. The van der Waals surface area contributed by atoms with Crippen LogP contribution < -0.4 is 10.6 Å². The Hall–Kier alpha value is -1.95. The lowest BCUT2D eigenvalue weighted by Crippen LogP contribution is -2.28. The molecule has 0 bridgehead atoms. The smallest absolute Gasteiger partial charge is 0.170 e. The fourth-order valence-corrected chi connectivity index (χ4v) is 2.11. The largest absolute Gasteiger partial charge is 0.362 e. The molecule has 0 unspecified atom stereocenters. The summed E-state index contributed by atoms with van der Waals surface area (Å²) in [5.74, 6) is -0.237. The zero-order valence-electron chi connectivity index (χ0n) is 12.0. The van der Waals surface area contributed by atoms with Gasteiger partial charge in [-0.1, -0.05) is 25.5 Å². The van der Waals surface area contributed by atoms with Gasteiger partial charge < -0.3 is 10.6 Å². The Labute approximate surface area is 129 Å². The van der Waals surface area contributed by atoms with Gasteiger partial charge in [-0.2, -0.15) is 5.10 Å². The van der Waals surface area contributed by atoms with E-state index in [1.165, 1.54) is 12.1 Å². The normalized spacial score (nSPS) is 10.4. The Bertz CT molecular complexity index is 597. The van der Waals surface area contributed by atoms with Crippen LogP contribution in [0.25, 0.3) is 0 Å². The van der Waals surface area contributed by atoms with Gasteiger partial charge in [0.15, 0.2) is 5.11 Å². The molecule has 0 amide bonds. The molecule has 0 aliphatic rings. The Morgan fingerprint density at radius 1 is 1.43 bits per heavy atom. The number of nitrogens with zero attached hydrogens (tertiary/aromatic N) is 2. The van der Waals surface area contributed by atoms with Crippen molar-refractivity contribution in [3.05, 3.63) is 48.0 Å². The summed E-state index contributed by atoms with van der Waals surface area (Å²) in [5, 5.41) is 11.0. The maximum absolute atomic E-state index is 13.1. The zero-order chi connectivity index (χ0) is 15.1. The van der Waals surface area contributed by atoms with Crippen molar-refractivity contribution in [2.75, 3.05) is 11.9 Å². The van der Waals surface area contributed by atoms with Crippen molar-refractivity contribution in [2.24, 2.45) is 0 Å². The number of hydrogen-bond acceptors (Lipinski definition) is 2. The first kappa shape index (κ1) is 15.4. The molecule has 21 heavy (non-hydrogen) atoms. The van der Waals surface area contributed by atoms with Crippen molar-refractivity contribution in [1.29, 1.82) is 0 Å². The third kappa shape index (κ3) is 5.15. The van der Waals surface area contributed by atoms with E-state index >= 15 is 0 Å². The molecule has 0 spiro atoms. The second-order valence-electron chi connectivity index (χ2n) is 4.79. The van der Waals surface area contributed by atoms with Crippen molar-refractivity contribution in [3.63, 3.8) is 0 Å². The summed E-state index contributed by atoms with van der Waals surface area (Å²) in [5.41, 5.74) is 1.69. The number of unbranched alkanes of at least 4 members (excludes halogenated alkanes) is 1. The molecule has 112 valence electrons. The van der Waals surface area contributed by atoms with E-state index in [0.717, 1.165) is 30.6 Å². The maximum Gasteiger partial charge on any atom is 0.170 e. The van der Waals surface area contributed by atoms with Crippen molar-refractivity contribution in [2.45, 2.75) is 26.3 Å². The summed E-state index contributed by atoms with van der Waals surface area (Å²) in [7, 11) is 0. The second-order valence-corrected chi connectivity index (χ2v) is 5.20. The fraction of sp³-hybridized carbons (Fsp3) is 0.333. The summed E-state index contributed by atoms with van der Waals surface area (Å²) >= 11 is 5.20. The molecular formula is C15H19FN4S. The Morgan fingerprint density at radius 2 is 2.29 bits per heavy atom. The number of halogens is 1. The third-order valence-corrected chi connectivity index (χ3v) is 3.19. The van der Waals surface area contributed by atoms with Gasteiger partial charge in [0.05, 0.1) is 18.4 Å². The van der Waals surface area contributed by atoms with E-state index in [4.69, 9.17) is 12.2 Å². The van der Waals surface area contributed by atoms with E-state index in [2.05, 4.69) is 22.7 Å². The van der Waals surface area contributed by atoms with E-state index in [1.54, 1.807) is 16.9 Å². The van der Waals surface area contributed by atoms with E-state index < -0.39 is 0 Å². The van der Waals surface area contributed by atoms with Crippen LogP contribution >= 0.6 is 12.2 Å². The van der Waals surface area contributed by atoms with Crippen LogP contribution in [-0.2, 0) is 6.54 Å². The van der Waals surface area contributed by atoms with Crippen LogP contribution in [0.2, 0.25) is 0 Å². The molecular weight excluding hydrogens is 287 g/mol. The molecule has 2 N–H and O–H groups in total. The number of hydrogen-bond donors (Lipinski definition) is 2. The summed E-state index contributed by atoms with van der Waals surface area (Å²) in [6, 6.07) is 6.50. The van der Waals surface area contributed by atoms with E-state index in [9.17, 15) is 4.39 Å². The highest BCUT2D eigenvalue weighted by atomic mass is 32.1. The number of aromatic nitrogens is 2. The molecule has 1 aromatic heterocycles. The summed E-state index contributed by atoms with van der Waals surface area (Å²) in [6.45, 7) is 3.52. The highest BCUT2D eigenvalue weighted by molar-refractivity contribution is 7.80. The average molecular weight is 306 g/mol. The Kier molecular flexibility index (Phi) is 5.68. The van der Waals surface area contributed by atoms with Gasteiger partial charge in [-0.15, -0.1) is 0 Å². The standard InChI is InChI=1S/C15H19FN4S/c1-2-3-7-17-15(21)19-14-9-18-20(11-14)10-12-5-4-6-13(16)8-12/h4-6,8-9,11H,2-3,7,10H2,1H3,(H2,17,19,21).